The Balaban J connectivity index is 1.56. The maximum atomic E-state index is 12.4. The van der Waals surface area contributed by atoms with Gasteiger partial charge >= 0.3 is 0 Å². The van der Waals surface area contributed by atoms with E-state index in [1.54, 1.807) is 11.9 Å². The van der Waals surface area contributed by atoms with Crippen molar-refractivity contribution in [1.82, 2.24) is 15.1 Å². The number of amides is 2. The number of hydrogen-bond donors (Lipinski definition) is 1. The van der Waals surface area contributed by atoms with Gasteiger partial charge in [0.25, 0.3) is 0 Å². The Morgan fingerprint density at radius 2 is 1.76 bits per heavy atom. The van der Waals surface area contributed by atoms with Crippen molar-refractivity contribution in [3.8, 4) is 0 Å². The van der Waals surface area contributed by atoms with Crippen LogP contribution in [0.25, 0.3) is 0 Å². The van der Waals surface area contributed by atoms with Crippen molar-refractivity contribution in [1.29, 1.82) is 0 Å². The second kappa shape index (κ2) is 7.44. The third-order valence-electron chi connectivity index (χ3n) is 5.33. The van der Waals surface area contributed by atoms with Crippen molar-refractivity contribution in [2.75, 3.05) is 51.7 Å². The molecule has 2 amide bonds. The van der Waals surface area contributed by atoms with Crippen molar-refractivity contribution in [3.63, 3.8) is 0 Å². The molecule has 25 heavy (non-hydrogen) atoms. The number of carbonyl (C=O) groups excluding carboxylic acids is 2. The predicted octanol–water partition coefficient (Wildman–Crippen LogP) is 1.09. The van der Waals surface area contributed by atoms with Gasteiger partial charge < -0.3 is 20.0 Å². The van der Waals surface area contributed by atoms with E-state index in [0.29, 0.717) is 13.0 Å². The highest BCUT2D eigenvalue weighted by molar-refractivity contribution is 5.89. The summed E-state index contributed by atoms with van der Waals surface area (Å²) in [6.45, 7) is 6.77. The summed E-state index contributed by atoms with van der Waals surface area (Å²) in [7, 11) is 3.90. The van der Waals surface area contributed by atoms with Crippen molar-refractivity contribution < 1.29 is 9.59 Å². The molecule has 0 radical (unpaired) electrons. The summed E-state index contributed by atoms with van der Waals surface area (Å²) >= 11 is 0. The van der Waals surface area contributed by atoms with Gasteiger partial charge in [-0.3, -0.25) is 9.59 Å². The molecule has 2 aliphatic heterocycles. The average molecular weight is 344 g/mol. The molecule has 2 fully saturated rings. The molecule has 0 aliphatic carbocycles. The number of likely N-dealkylation sites (N-methyl/N-ethyl adjacent to an activating group) is 1. The van der Waals surface area contributed by atoms with Gasteiger partial charge in [-0.25, -0.2) is 0 Å². The number of nitrogens with one attached hydrogen (secondary N) is 1. The van der Waals surface area contributed by atoms with Crippen LogP contribution in [0.15, 0.2) is 24.3 Å². The van der Waals surface area contributed by atoms with Crippen molar-refractivity contribution in [2.24, 2.45) is 5.92 Å². The molecule has 0 bridgehead atoms. The van der Waals surface area contributed by atoms with E-state index in [-0.39, 0.29) is 23.8 Å². The van der Waals surface area contributed by atoms with E-state index in [1.807, 2.05) is 6.92 Å². The van der Waals surface area contributed by atoms with Gasteiger partial charge in [0.05, 0.1) is 12.0 Å². The van der Waals surface area contributed by atoms with Gasteiger partial charge in [-0.05, 0) is 31.7 Å². The van der Waals surface area contributed by atoms with Gasteiger partial charge in [0.1, 0.15) is 0 Å². The standard InChI is InChI=1S/C19H28N4O2/c1-14(20-19(25)16-12-18(24)22(3)13-16)15-4-6-17(7-5-15)23-10-8-21(2)9-11-23/h4-7,14,16H,8-13H2,1-3H3,(H,20,25)/t14-,16+/m1/s1. The van der Waals surface area contributed by atoms with E-state index >= 15 is 0 Å². The van der Waals surface area contributed by atoms with Crippen LogP contribution < -0.4 is 10.2 Å². The molecule has 2 atom stereocenters. The third-order valence-corrected chi connectivity index (χ3v) is 5.33. The van der Waals surface area contributed by atoms with Crippen LogP contribution in [0.4, 0.5) is 5.69 Å². The second-order valence-electron chi connectivity index (χ2n) is 7.29. The van der Waals surface area contributed by atoms with Crippen LogP contribution >= 0.6 is 0 Å². The quantitative estimate of drug-likeness (QED) is 0.889. The van der Waals surface area contributed by atoms with Crippen LogP contribution in [0, 0.1) is 5.92 Å². The van der Waals surface area contributed by atoms with Gasteiger partial charge in [-0.1, -0.05) is 12.1 Å². The topological polar surface area (TPSA) is 55.9 Å². The van der Waals surface area contributed by atoms with E-state index in [2.05, 4.69) is 46.4 Å². The normalized spacial score (nSPS) is 23.0. The maximum Gasteiger partial charge on any atom is 0.225 e. The van der Waals surface area contributed by atoms with Crippen LogP contribution in [0.3, 0.4) is 0 Å². The van der Waals surface area contributed by atoms with E-state index in [1.165, 1.54) is 5.69 Å². The van der Waals surface area contributed by atoms with Crippen molar-refractivity contribution in [2.45, 2.75) is 19.4 Å². The lowest BCUT2D eigenvalue weighted by Crippen LogP contribution is -2.44. The van der Waals surface area contributed by atoms with Gasteiger partial charge in [-0.2, -0.15) is 0 Å². The lowest BCUT2D eigenvalue weighted by molar-refractivity contribution is -0.128. The highest BCUT2D eigenvalue weighted by Crippen LogP contribution is 2.22. The zero-order chi connectivity index (χ0) is 18.0. The monoisotopic (exact) mass is 344 g/mol. The van der Waals surface area contributed by atoms with Crippen LogP contribution in [-0.4, -0.2) is 68.4 Å². The first kappa shape index (κ1) is 17.7. The molecule has 0 aromatic heterocycles. The first-order valence-corrected chi connectivity index (χ1v) is 9.02. The minimum atomic E-state index is -0.232. The zero-order valence-electron chi connectivity index (χ0n) is 15.4. The fourth-order valence-electron chi connectivity index (χ4n) is 3.49. The summed E-state index contributed by atoms with van der Waals surface area (Å²) in [5.41, 5.74) is 2.32. The van der Waals surface area contributed by atoms with Gasteiger partial charge in [0.15, 0.2) is 0 Å². The van der Waals surface area contributed by atoms with Crippen molar-refractivity contribution >= 4 is 17.5 Å². The Morgan fingerprint density at radius 1 is 1.12 bits per heavy atom. The van der Waals surface area contributed by atoms with Gasteiger partial charge in [-0.15, -0.1) is 0 Å². The molecular formula is C19H28N4O2. The first-order valence-electron chi connectivity index (χ1n) is 9.02. The molecule has 1 aromatic carbocycles. The minimum absolute atomic E-state index is 0.0339. The summed E-state index contributed by atoms with van der Waals surface area (Å²) in [5.74, 6) is -0.220. The van der Waals surface area contributed by atoms with E-state index in [4.69, 9.17) is 0 Å². The smallest absolute Gasteiger partial charge is 0.225 e. The molecule has 2 aliphatic rings. The molecular weight excluding hydrogens is 316 g/mol. The Hall–Kier alpha value is -2.08. The third kappa shape index (κ3) is 4.12. The first-order chi connectivity index (χ1) is 11.9. The molecule has 6 heteroatoms. The van der Waals surface area contributed by atoms with Crippen LogP contribution in [0.2, 0.25) is 0 Å². The molecule has 1 aromatic rings. The highest BCUT2D eigenvalue weighted by atomic mass is 16.2. The van der Waals surface area contributed by atoms with Gasteiger partial charge in [0.2, 0.25) is 11.8 Å². The fourth-order valence-corrected chi connectivity index (χ4v) is 3.49. The van der Waals surface area contributed by atoms with Crippen LogP contribution in [-0.2, 0) is 9.59 Å². The van der Waals surface area contributed by atoms with E-state index < -0.39 is 0 Å². The number of nitrogens with zero attached hydrogens (tertiary/aromatic N) is 3. The summed E-state index contributed by atoms with van der Waals surface area (Å²) in [4.78, 5) is 30.3. The number of likely N-dealkylation sites (tertiary alicyclic amines) is 1. The number of hydrogen-bond acceptors (Lipinski definition) is 4. The number of carbonyl (C=O) groups is 2. The molecule has 0 saturated carbocycles. The molecule has 0 unspecified atom stereocenters. The Morgan fingerprint density at radius 3 is 2.32 bits per heavy atom. The summed E-state index contributed by atoms with van der Waals surface area (Å²) in [6, 6.07) is 8.39. The molecule has 3 rings (SSSR count). The number of rotatable bonds is 4. The predicted molar refractivity (Wildman–Crippen MR) is 98.5 cm³/mol. The molecule has 136 valence electrons. The van der Waals surface area contributed by atoms with Crippen LogP contribution in [0.5, 0.6) is 0 Å². The van der Waals surface area contributed by atoms with Gasteiger partial charge in [0, 0.05) is 51.9 Å². The molecule has 2 saturated heterocycles. The number of benzene rings is 1. The highest BCUT2D eigenvalue weighted by Gasteiger charge is 2.32. The number of piperazine rings is 1. The summed E-state index contributed by atoms with van der Waals surface area (Å²) in [6.07, 6.45) is 0.317. The molecule has 6 nitrogen and oxygen atoms in total. The largest absolute Gasteiger partial charge is 0.369 e. The van der Waals surface area contributed by atoms with E-state index in [9.17, 15) is 9.59 Å². The van der Waals surface area contributed by atoms with Crippen molar-refractivity contribution in [3.05, 3.63) is 29.8 Å². The number of anilines is 1. The lowest BCUT2D eigenvalue weighted by Gasteiger charge is -2.34. The average Bonchev–Trinajstić information content (AvgIpc) is 2.95. The lowest BCUT2D eigenvalue weighted by atomic mass is 10.0. The fraction of sp³-hybridized carbons (Fsp3) is 0.579. The summed E-state index contributed by atoms with van der Waals surface area (Å²) < 4.78 is 0. The molecule has 2 heterocycles. The molecule has 0 spiro atoms. The Kier molecular flexibility index (Phi) is 5.27. The SMILES string of the molecule is C[C@@H](NC(=O)[C@H]1CC(=O)N(C)C1)c1ccc(N2CCN(C)CC2)cc1. The van der Waals surface area contributed by atoms with E-state index in [0.717, 1.165) is 31.7 Å². The minimum Gasteiger partial charge on any atom is -0.369 e. The zero-order valence-corrected chi connectivity index (χ0v) is 15.4. The van der Waals surface area contributed by atoms with Crippen LogP contribution in [0.1, 0.15) is 24.9 Å². The Labute approximate surface area is 149 Å². The molecule has 1 N–H and O–H groups in total. The summed E-state index contributed by atoms with van der Waals surface area (Å²) in [5, 5.41) is 3.05. The maximum absolute atomic E-state index is 12.4. The Bertz CT molecular complexity index is 623. The second-order valence-corrected chi connectivity index (χ2v) is 7.29.